The first kappa shape index (κ1) is 13.2. The van der Waals surface area contributed by atoms with Crippen LogP contribution in [0, 0.1) is 0 Å². The van der Waals surface area contributed by atoms with E-state index in [4.69, 9.17) is 4.74 Å². The van der Waals surface area contributed by atoms with Crippen molar-refractivity contribution in [1.29, 1.82) is 0 Å². The van der Waals surface area contributed by atoms with E-state index in [0.717, 1.165) is 5.56 Å². The number of aliphatic imine (C=N–C) groups is 1. The van der Waals surface area contributed by atoms with E-state index < -0.39 is 0 Å². The minimum Gasteiger partial charge on any atom is -0.460 e. The molecule has 1 rings (SSSR count). The third kappa shape index (κ3) is 6.30. The topological polar surface area (TPSA) is 38.7 Å². The van der Waals surface area contributed by atoms with E-state index in [0.29, 0.717) is 6.54 Å². The summed E-state index contributed by atoms with van der Waals surface area (Å²) in [7, 11) is 0. The van der Waals surface area contributed by atoms with Crippen molar-refractivity contribution in [2.75, 3.05) is 0 Å². The van der Waals surface area contributed by atoms with Crippen molar-refractivity contribution in [3.63, 3.8) is 0 Å². The maximum atomic E-state index is 11.1. The summed E-state index contributed by atoms with van der Waals surface area (Å²) in [5.41, 5.74) is 1.14. The third-order valence-electron chi connectivity index (χ3n) is 1.89. The van der Waals surface area contributed by atoms with E-state index in [9.17, 15) is 4.79 Å². The standard InChI is InChI=1S/C14H17NO2/c1-12(2)17-14(16)9-6-10-15-11-13-7-4-3-5-8-13/h3-10,12H,11H2,1-2H3/b9-6+,15-10?. The van der Waals surface area contributed by atoms with Gasteiger partial charge in [-0.05, 0) is 25.5 Å². The van der Waals surface area contributed by atoms with Gasteiger partial charge in [0.15, 0.2) is 0 Å². The van der Waals surface area contributed by atoms with E-state index in [1.807, 2.05) is 44.2 Å². The molecule has 0 aliphatic rings. The van der Waals surface area contributed by atoms with Gasteiger partial charge in [0, 0.05) is 12.3 Å². The third-order valence-corrected chi connectivity index (χ3v) is 1.89. The Labute approximate surface area is 102 Å². The van der Waals surface area contributed by atoms with Crippen molar-refractivity contribution in [2.24, 2.45) is 4.99 Å². The maximum Gasteiger partial charge on any atom is 0.331 e. The van der Waals surface area contributed by atoms with Crippen LogP contribution in [0.4, 0.5) is 0 Å². The van der Waals surface area contributed by atoms with Gasteiger partial charge in [-0.1, -0.05) is 30.3 Å². The Bertz CT molecular complexity index is 394. The van der Waals surface area contributed by atoms with Crippen LogP contribution in [0.3, 0.4) is 0 Å². The molecule has 3 heteroatoms. The number of nitrogens with zero attached hydrogens (tertiary/aromatic N) is 1. The highest BCUT2D eigenvalue weighted by atomic mass is 16.5. The number of esters is 1. The van der Waals surface area contributed by atoms with E-state index >= 15 is 0 Å². The number of hydrogen-bond acceptors (Lipinski definition) is 3. The molecule has 0 aliphatic heterocycles. The summed E-state index contributed by atoms with van der Waals surface area (Å²) in [4.78, 5) is 15.3. The van der Waals surface area contributed by atoms with Crippen molar-refractivity contribution < 1.29 is 9.53 Å². The molecular formula is C14H17NO2. The average molecular weight is 231 g/mol. The Morgan fingerprint density at radius 3 is 2.71 bits per heavy atom. The average Bonchev–Trinajstić information content (AvgIpc) is 2.29. The van der Waals surface area contributed by atoms with E-state index in [1.165, 1.54) is 6.08 Å². The molecule has 1 aromatic rings. The summed E-state index contributed by atoms with van der Waals surface area (Å²) < 4.78 is 4.93. The Kier molecular flexibility index (Phi) is 5.72. The molecule has 90 valence electrons. The van der Waals surface area contributed by atoms with Crippen LogP contribution in [0.1, 0.15) is 19.4 Å². The van der Waals surface area contributed by atoms with Crippen molar-refractivity contribution in [1.82, 2.24) is 0 Å². The molecule has 1 aromatic carbocycles. The number of hydrogen-bond donors (Lipinski definition) is 0. The fourth-order valence-electron chi connectivity index (χ4n) is 1.20. The van der Waals surface area contributed by atoms with Gasteiger partial charge in [-0.15, -0.1) is 0 Å². The second-order valence-corrected chi connectivity index (χ2v) is 3.82. The minimum absolute atomic E-state index is 0.0894. The largest absolute Gasteiger partial charge is 0.460 e. The predicted molar refractivity (Wildman–Crippen MR) is 69.0 cm³/mol. The van der Waals surface area contributed by atoms with E-state index in [-0.39, 0.29) is 12.1 Å². The fraction of sp³-hybridized carbons (Fsp3) is 0.286. The molecule has 0 heterocycles. The normalized spacial score (nSPS) is 11.5. The van der Waals surface area contributed by atoms with Gasteiger partial charge >= 0.3 is 5.97 Å². The molecule has 0 N–H and O–H groups in total. The lowest BCUT2D eigenvalue weighted by Crippen LogP contribution is -2.08. The molecule has 0 atom stereocenters. The summed E-state index contributed by atoms with van der Waals surface area (Å²) in [6.45, 7) is 4.24. The SMILES string of the molecule is CC(C)OC(=O)/C=C/C=NCc1ccccc1. The lowest BCUT2D eigenvalue weighted by Gasteiger charge is -2.03. The highest BCUT2D eigenvalue weighted by Crippen LogP contribution is 1.99. The van der Waals surface area contributed by atoms with Crippen molar-refractivity contribution >= 4 is 12.2 Å². The van der Waals surface area contributed by atoms with Gasteiger partial charge in [-0.25, -0.2) is 4.79 Å². The van der Waals surface area contributed by atoms with Crippen LogP contribution < -0.4 is 0 Å². The van der Waals surface area contributed by atoms with Crippen LogP contribution in [0.5, 0.6) is 0 Å². The summed E-state index contributed by atoms with van der Waals surface area (Å²) in [5.74, 6) is -0.342. The number of rotatable bonds is 5. The smallest absolute Gasteiger partial charge is 0.331 e. The van der Waals surface area contributed by atoms with Crippen LogP contribution in [0.2, 0.25) is 0 Å². The zero-order chi connectivity index (χ0) is 12.5. The second kappa shape index (κ2) is 7.39. The highest BCUT2D eigenvalue weighted by molar-refractivity contribution is 5.87. The molecule has 0 aliphatic carbocycles. The molecular weight excluding hydrogens is 214 g/mol. The first-order chi connectivity index (χ1) is 8.18. The summed E-state index contributed by atoms with van der Waals surface area (Å²) >= 11 is 0. The van der Waals surface area contributed by atoms with Crippen LogP contribution in [-0.2, 0) is 16.1 Å². The molecule has 0 amide bonds. The molecule has 0 bridgehead atoms. The van der Waals surface area contributed by atoms with Gasteiger partial charge < -0.3 is 4.74 Å². The highest BCUT2D eigenvalue weighted by Gasteiger charge is 1.98. The molecule has 0 spiro atoms. The van der Waals surface area contributed by atoms with Crippen molar-refractivity contribution in [3.05, 3.63) is 48.0 Å². The lowest BCUT2D eigenvalue weighted by atomic mass is 10.2. The molecule has 0 fully saturated rings. The Hall–Kier alpha value is -1.90. The lowest BCUT2D eigenvalue weighted by molar-refractivity contribution is -0.141. The quantitative estimate of drug-likeness (QED) is 0.444. The Balaban J connectivity index is 2.31. The van der Waals surface area contributed by atoms with E-state index in [1.54, 1.807) is 12.3 Å². The van der Waals surface area contributed by atoms with Crippen LogP contribution in [0.15, 0.2) is 47.5 Å². The molecule has 3 nitrogen and oxygen atoms in total. The Morgan fingerprint density at radius 2 is 2.06 bits per heavy atom. The van der Waals surface area contributed by atoms with Crippen molar-refractivity contribution in [2.45, 2.75) is 26.5 Å². The summed E-state index contributed by atoms with van der Waals surface area (Å²) in [5, 5.41) is 0. The number of carbonyl (C=O) groups is 1. The number of allylic oxidation sites excluding steroid dienone is 1. The molecule has 0 radical (unpaired) electrons. The zero-order valence-electron chi connectivity index (χ0n) is 10.2. The van der Waals surface area contributed by atoms with E-state index in [2.05, 4.69) is 4.99 Å². The van der Waals surface area contributed by atoms with Gasteiger partial charge in [-0.3, -0.25) is 4.99 Å². The second-order valence-electron chi connectivity index (χ2n) is 3.82. The predicted octanol–water partition coefficient (Wildman–Crippen LogP) is 2.77. The maximum absolute atomic E-state index is 11.1. The molecule has 0 aromatic heterocycles. The number of carbonyl (C=O) groups excluding carboxylic acids is 1. The number of benzene rings is 1. The Morgan fingerprint density at radius 1 is 1.35 bits per heavy atom. The summed E-state index contributed by atoms with van der Waals surface area (Å²) in [6.07, 6.45) is 4.48. The van der Waals surface area contributed by atoms with Crippen molar-refractivity contribution in [3.8, 4) is 0 Å². The monoisotopic (exact) mass is 231 g/mol. The minimum atomic E-state index is -0.342. The first-order valence-electron chi connectivity index (χ1n) is 5.59. The fourth-order valence-corrected chi connectivity index (χ4v) is 1.20. The zero-order valence-corrected chi connectivity index (χ0v) is 10.2. The van der Waals surface area contributed by atoms with Crippen LogP contribution in [0.25, 0.3) is 0 Å². The molecule has 0 saturated heterocycles. The van der Waals surface area contributed by atoms with Gasteiger partial charge in [0.1, 0.15) is 0 Å². The van der Waals surface area contributed by atoms with Gasteiger partial charge in [-0.2, -0.15) is 0 Å². The van der Waals surface area contributed by atoms with Gasteiger partial charge in [0.05, 0.1) is 12.6 Å². The molecule has 0 unspecified atom stereocenters. The van der Waals surface area contributed by atoms with Crippen LogP contribution in [-0.4, -0.2) is 18.3 Å². The molecule has 17 heavy (non-hydrogen) atoms. The summed E-state index contributed by atoms with van der Waals surface area (Å²) in [6, 6.07) is 9.93. The number of ether oxygens (including phenoxy) is 1. The molecule has 0 saturated carbocycles. The van der Waals surface area contributed by atoms with Gasteiger partial charge in [0.25, 0.3) is 0 Å². The van der Waals surface area contributed by atoms with Gasteiger partial charge in [0.2, 0.25) is 0 Å². The first-order valence-corrected chi connectivity index (χ1v) is 5.59. The van der Waals surface area contributed by atoms with Crippen LogP contribution >= 0.6 is 0 Å².